The molecule has 2 atom stereocenters. The van der Waals surface area contributed by atoms with Gasteiger partial charge in [0.2, 0.25) is 0 Å². The van der Waals surface area contributed by atoms with Gasteiger partial charge >= 0.3 is 0 Å². The van der Waals surface area contributed by atoms with Crippen molar-refractivity contribution in [2.45, 2.75) is 51.4 Å². The van der Waals surface area contributed by atoms with Crippen molar-refractivity contribution < 1.29 is 9.84 Å². The Morgan fingerprint density at radius 3 is 2.84 bits per heavy atom. The van der Waals surface area contributed by atoms with Crippen molar-refractivity contribution in [2.24, 2.45) is 0 Å². The van der Waals surface area contributed by atoms with Gasteiger partial charge < -0.3 is 15.2 Å². The van der Waals surface area contributed by atoms with Crippen LogP contribution in [0.5, 0.6) is 5.75 Å². The number of hydrogen-bond acceptors (Lipinski definition) is 3. The summed E-state index contributed by atoms with van der Waals surface area (Å²) in [6.07, 6.45) is 3.63. The van der Waals surface area contributed by atoms with Gasteiger partial charge in [-0.3, -0.25) is 0 Å². The van der Waals surface area contributed by atoms with E-state index in [-0.39, 0.29) is 12.2 Å². The van der Waals surface area contributed by atoms with Crippen molar-refractivity contribution in [3.63, 3.8) is 0 Å². The van der Waals surface area contributed by atoms with E-state index >= 15 is 0 Å². The minimum atomic E-state index is -0.331. The second kappa shape index (κ2) is 7.27. The number of halogens is 1. The monoisotopic (exact) mass is 327 g/mol. The van der Waals surface area contributed by atoms with Crippen LogP contribution in [-0.2, 0) is 6.54 Å². The van der Waals surface area contributed by atoms with Crippen molar-refractivity contribution >= 4 is 15.9 Å². The number of nitrogens with one attached hydrogen (secondary N) is 1. The second-order valence-electron chi connectivity index (χ2n) is 5.05. The lowest BCUT2D eigenvalue weighted by atomic mass is 9.95. The highest BCUT2D eigenvalue weighted by molar-refractivity contribution is 9.10. The third-order valence-electron chi connectivity index (χ3n) is 3.52. The van der Waals surface area contributed by atoms with Crippen LogP contribution in [-0.4, -0.2) is 23.9 Å². The first-order chi connectivity index (χ1) is 9.20. The molecule has 0 bridgehead atoms. The molecule has 0 heterocycles. The molecule has 1 aromatic carbocycles. The molecule has 3 nitrogen and oxygen atoms in total. The van der Waals surface area contributed by atoms with Crippen molar-refractivity contribution in [1.82, 2.24) is 5.32 Å². The van der Waals surface area contributed by atoms with Gasteiger partial charge in [-0.1, -0.05) is 19.4 Å². The maximum atomic E-state index is 9.94. The van der Waals surface area contributed by atoms with Gasteiger partial charge in [0.05, 0.1) is 10.6 Å². The normalized spacial score (nSPS) is 23.3. The molecule has 4 heteroatoms. The Kier molecular flexibility index (Phi) is 5.67. The molecular formula is C15H22BrNO2. The van der Waals surface area contributed by atoms with E-state index in [1.165, 1.54) is 5.56 Å². The molecule has 0 aliphatic heterocycles. The van der Waals surface area contributed by atoms with Crippen LogP contribution in [0.15, 0.2) is 22.7 Å². The van der Waals surface area contributed by atoms with E-state index in [9.17, 15) is 5.11 Å². The molecular weight excluding hydrogens is 306 g/mol. The summed E-state index contributed by atoms with van der Waals surface area (Å²) in [7, 11) is 0. The van der Waals surface area contributed by atoms with Crippen LogP contribution >= 0.6 is 15.9 Å². The predicted molar refractivity (Wildman–Crippen MR) is 80.4 cm³/mol. The second-order valence-corrected chi connectivity index (χ2v) is 5.91. The Hall–Kier alpha value is -0.580. The van der Waals surface area contributed by atoms with Crippen molar-refractivity contribution in [3.8, 4) is 5.75 Å². The lowest BCUT2D eigenvalue weighted by molar-refractivity contribution is 0.00648. The fourth-order valence-corrected chi connectivity index (χ4v) is 2.92. The highest BCUT2D eigenvalue weighted by Crippen LogP contribution is 2.30. The molecule has 0 radical (unpaired) electrons. The van der Waals surface area contributed by atoms with E-state index in [4.69, 9.17) is 4.74 Å². The molecule has 1 aliphatic carbocycles. The standard InChI is InChI=1S/C15H22BrNO2/c1-2-17-10-11-7-8-14(12(16)9-11)19-15-6-4-3-5-13(15)18/h7-9,13,15,17-18H,2-6,10H2,1H3. The summed E-state index contributed by atoms with van der Waals surface area (Å²) in [5.41, 5.74) is 1.23. The Bertz CT molecular complexity index is 411. The van der Waals surface area contributed by atoms with E-state index in [1.807, 2.05) is 6.07 Å². The van der Waals surface area contributed by atoms with Crippen molar-refractivity contribution in [1.29, 1.82) is 0 Å². The summed E-state index contributed by atoms with van der Waals surface area (Å²) >= 11 is 3.55. The quantitative estimate of drug-likeness (QED) is 0.872. The number of aliphatic hydroxyl groups is 1. The molecule has 0 amide bonds. The number of hydrogen-bond donors (Lipinski definition) is 2. The first-order valence-electron chi connectivity index (χ1n) is 7.04. The number of benzene rings is 1. The van der Waals surface area contributed by atoms with E-state index in [0.717, 1.165) is 49.0 Å². The van der Waals surface area contributed by atoms with Gasteiger partial charge in [-0.25, -0.2) is 0 Å². The smallest absolute Gasteiger partial charge is 0.134 e. The van der Waals surface area contributed by atoms with Gasteiger partial charge in [-0.2, -0.15) is 0 Å². The van der Waals surface area contributed by atoms with Gasteiger partial charge in [0, 0.05) is 6.54 Å². The molecule has 2 unspecified atom stereocenters. The van der Waals surface area contributed by atoms with Crippen LogP contribution in [0.1, 0.15) is 38.2 Å². The molecule has 0 spiro atoms. The van der Waals surface area contributed by atoms with E-state index in [0.29, 0.717) is 0 Å². The minimum Gasteiger partial charge on any atom is -0.487 e. The average molecular weight is 328 g/mol. The first-order valence-corrected chi connectivity index (χ1v) is 7.84. The van der Waals surface area contributed by atoms with Gasteiger partial charge in [0.15, 0.2) is 0 Å². The predicted octanol–water partition coefficient (Wildman–Crippen LogP) is 3.24. The Morgan fingerprint density at radius 2 is 2.16 bits per heavy atom. The summed E-state index contributed by atoms with van der Waals surface area (Å²) in [5, 5.41) is 13.2. The average Bonchev–Trinajstić information content (AvgIpc) is 2.41. The summed E-state index contributed by atoms with van der Waals surface area (Å²) in [6.45, 7) is 3.92. The first kappa shape index (κ1) is 14.8. The molecule has 1 fully saturated rings. The fourth-order valence-electron chi connectivity index (χ4n) is 2.40. The van der Waals surface area contributed by atoms with Gasteiger partial charge in [-0.15, -0.1) is 0 Å². The van der Waals surface area contributed by atoms with Crippen LogP contribution in [0.2, 0.25) is 0 Å². The number of aliphatic hydroxyl groups excluding tert-OH is 1. The molecule has 2 N–H and O–H groups in total. The minimum absolute atomic E-state index is 0.0651. The zero-order valence-electron chi connectivity index (χ0n) is 11.4. The van der Waals surface area contributed by atoms with Crippen molar-refractivity contribution in [3.05, 3.63) is 28.2 Å². The largest absolute Gasteiger partial charge is 0.487 e. The Morgan fingerprint density at radius 1 is 1.37 bits per heavy atom. The molecule has 1 aliphatic rings. The Labute approximate surface area is 123 Å². The van der Waals surface area contributed by atoms with E-state index in [2.05, 4.69) is 40.3 Å². The summed E-state index contributed by atoms with van der Waals surface area (Å²) in [5.74, 6) is 0.825. The van der Waals surface area contributed by atoms with Gasteiger partial charge in [0.1, 0.15) is 11.9 Å². The maximum absolute atomic E-state index is 9.94. The lowest BCUT2D eigenvalue weighted by Crippen LogP contribution is -2.34. The van der Waals surface area contributed by atoms with E-state index < -0.39 is 0 Å². The zero-order valence-corrected chi connectivity index (χ0v) is 12.9. The van der Waals surface area contributed by atoms with Gasteiger partial charge in [-0.05, 0) is 59.4 Å². The molecule has 2 rings (SSSR count). The number of ether oxygens (including phenoxy) is 1. The van der Waals surface area contributed by atoms with Crippen LogP contribution < -0.4 is 10.1 Å². The van der Waals surface area contributed by atoms with Crippen LogP contribution in [0.3, 0.4) is 0 Å². The van der Waals surface area contributed by atoms with Crippen LogP contribution in [0.4, 0.5) is 0 Å². The van der Waals surface area contributed by atoms with Crippen molar-refractivity contribution in [2.75, 3.05) is 6.54 Å². The summed E-state index contributed by atoms with van der Waals surface area (Å²) < 4.78 is 6.90. The zero-order chi connectivity index (χ0) is 13.7. The van der Waals surface area contributed by atoms with Crippen LogP contribution in [0.25, 0.3) is 0 Å². The highest BCUT2D eigenvalue weighted by atomic mass is 79.9. The third kappa shape index (κ3) is 4.20. The SMILES string of the molecule is CCNCc1ccc(OC2CCCCC2O)c(Br)c1. The Balaban J connectivity index is 2.00. The molecule has 106 valence electrons. The third-order valence-corrected chi connectivity index (χ3v) is 4.14. The molecule has 0 saturated heterocycles. The molecule has 19 heavy (non-hydrogen) atoms. The molecule has 1 saturated carbocycles. The fraction of sp³-hybridized carbons (Fsp3) is 0.600. The lowest BCUT2D eigenvalue weighted by Gasteiger charge is -2.28. The topological polar surface area (TPSA) is 41.5 Å². The van der Waals surface area contributed by atoms with E-state index in [1.54, 1.807) is 0 Å². The maximum Gasteiger partial charge on any atom is 0.134 e. The number of rotatable bonds is 5. The van der Waals surface area contributed by atoms with Gasteiger partial charge in [0.25, 0.3) is 0 Å². The van der Waals surface area contributed by atoms with Crippen LogP contribution in [0, 0.1) is 0 Å². The molecule has 0 aromatic heterocycles. The summed E-state index contributed by atoms with van der Waals surface area (Å²) in [6, 6.07) is 6.13. The molecule has 1 aromatic rings. The highest BCUT2D eigenvalue weighted by Gasteiger charge is 2.25. The summed E-state index contributed by atoms with van der Waals surface area (Å²) in [4.78, 5) is 0.